The fraction of sp³-hybridized carbons (Fsp3) is 0.324. The Morgan fingerprint density at radius 1 is 0.789 bits per heavy atom. The van der Waals surface area contributed by atoms with Crippen LogP contribution in [-0.4, -0.2) is 20.7 Å². The van der Waals surface area contributed by atoms with Crippen molar-refractivity contribution >= 4 is 59.1 Å². The Kier molecular flexibility index (Phi) is 5.51. The minimum Gasteiger partial charge on any atom is -0.456 e. The number of aryl methyl sites for hydroxylation is 1. The molecule has 4 heteroatoms. The van der Waals surface area contributed by atoms with Crippen LogP contribution >= 0.6 is 0 Å². The third-order valence-electron chi connectivity index (χ3n) is 7.48. The summed E-state index contributed by atoms with van der Waals surface area (Å²) in [5.74, 6) is 1.68. The van der Waals surface area contributed by atoms with Gasteiger partial charge in [0.2, 0.25) is 0 Å². The molecule has 2 nitrogen and oxygen atoms in total. The van der Waals surface area contributed by atoms with Crippen molar-refractivity contribution in [3.63, 3.8) is 0 Å². The molecule has 0 unspecified atom stereocenters. The van der Waals surface area contributed by atoms with Gasteiger partial charge in [0.1, 0.15) is 27.2 Å². The topological polar surface area (TPSA) is 22.1 Å². The van der Waals surface area contributed by atoms with Gasteiger partial charge in [0.05, 0.1) is 11.1 Å². The number of fused-ring (bicyclic) bond motifs is 5. The monoisotopic (exact) mass is 493 g/mol. The third kappa shape index (κ3) is 4.10. The summed E-state index contributed by atoms with van der Waals surface area (Å²) in [6.07, 6.45) is 1.80. The molecule has 186 valence electrons. The molecule has 0 amide bonds. The molecule has 0 atom stereocenters. The van der Waals surface area contributed by atoms with Crippen molar-refractivity contribution < 1.29 is 4.74 Å². The van der Waals surface area contributed by atoms with Gasteiger partial charge < -0.3 is 4.74 Å². The summed E-state index contributed by atoms with van der Waals surface area (Å²) in [7, 11) is 13.3. The fourth-order valence-electron chi connectivity index (χ4n) is 6.06. The first-order valence-corrected chi connectivity index (χ1v) is 13.5. The SMILES string of the molecule is [B]c1nc2c3c(cc4cccc(CC(C)(C)C)c4c3c1[B])Oc1c-2cc2cc(C)ccc2c1CC(C)(C)C. The van der Waals surface area contributed by atoms with Crippen LogP contribution in [0.4, 0.5) is 0 Å². The maximum Gasteiger partial charge on any atom is 0.140 e. The van der Waals surface area contributed by atoms with E-state index in [0.29, 0.717) is 11.1 Å². The van der Waals surface area contributed by atoms with Gasteiger partial charge >= 0.3 is 0 Å². The average molecular weight is 493 g/mol. The Bertz CT molecular complexity index is 1790. The Balaban J connectivity index is 1.77. The van der Waals surface area contributed by atoms with Crippen LogP contribution in [0.1, 0.15) is 58.2 Å². The largest absolute Gasteiger partial charge is 0.456 e. The van der Waals surface area contributed by atoms with Crippen molar-refractivity contribution in [2.75, 3.05) is 0 Å². The lowest BCUT2D eigenvalue weighted by atomic mass is 9.76. The zero-order valence-electron chi connectivity index (χ0n) is 23.5. The molecule has 0 N–H and O–H groups in total. The van der Waals surface area contributed by atoms with Gasteiger partial charge in [-0.05, 0) is 80.8 Å². The molecule has 6 rings (SSSR count). The van der Waals surface area contributed by atoms with Crippen molar-refractivity contribution in [2.24, 2.45) is 10.8 Å². The molecule has 0 fully saturated rings. The van der Waals surface area contributed by atoms with Crippen LogP contribution in [0, 0.1) is 17.8 Å². The highest BCUT2D eigenvalue weighted by atomic mass is 16.5. The molecule has 1 aliphatic heterocycles. The second kappa shape index (κ2) is 8.37. The Labute approximate surface area is 228 Å². The minimum absolute atomic E-state index is 0.0741. The quantitative estimate of drug-likeness (QED) is 0.185. The zero-order valence-corrected chi connectivity index (χ0v) is 23.5. The van der Waals surface area contributed by atoms with Crippen molar-refractivity contribution in [1.82, 2.24) is 4.98 Å². The van der Waals surface area contributed by atoms with Gasteiger partial charge in [0.15, 0.2) is 0 Å². The van der Waals surface area contributed by atoms with Gasteiger partial charge in [-0.3, -0.25) is 4.98 Å². The smallest absolute Gasteiger partial charge is 0.140 e. The second-order valence-electron chi connectivity index (χ2n) is 13.4. The summed E-state index contributed by atoms with van der Waals surface area (Å²) >= 11 is 0. The molecule has 4 radical (unpaired) electrons. The van der Waals surface area contributed by atoms with Crippen LogP contribution in [0.3, 0.4) is 0 Å². The molecule has 0 aliphatic carbocycles. The van der Waals surface area contributed by atoms with E-state index in [2.05, 4.69) is 97.0 Å². The Morgan fingerprint density at radius 2 is 1.53 bits per heavy atom. The normalized spacial score (nSPS) is 13.2. The van der Waals surface area contributed by atoms with Crippen LogP contribution in [0.5, 0.6) is 11.5 Å². The number of nitrogens with zero attached hydrogens (tertiary/aromatic N) is 1. The lowest BCUT2D eigenvalue weighted by Crippen LogP contribution is -2.31. The molecule has 0 saturated heterocycles. The van der Waals surface area contributed by atoms with E-state index in [1.807, 2.05) is 0 Å². The molecule has 1 aliphatic rings. The molecule has 38 heavy (non-hydrogen) atoms. The number of benzene rings is 4. The molecule has 4 aromatic carbocycles. The third-order valence-corrected chi connectivity index (χ3v) is 7.48. The number of hydrogen-bond acceptors (Lipinski definition) is 2. The van der Waals surface area contributed by atoms with Gasteiger partial charge in [-0.1, -0.05) is 89.0 Å². The molecule has 2 heterocycles. The zero-order chi connectivity index (χ0) is 27.1. The molecule has 1 aromatic heterocycles. The highest BCUT2D eigenvalue weighted by molar-refractivity contribution is 6.54. The summed E-state index contributed by atoms with van der Waals surface area (Å²) in [5.41, 5.74) is 6.62. The highest BCUT2D eigenvalue weighted by Gasteiger charge is 2.30. The first-order valence-electron chi connectivity index (χ1n) is 13.5. The van der Waals surface area contributed by atoms with E-state index >= 15 is 0 Å². The van der Waals surface area contributed by atoms with Crippen molar-refractivity contribution in [1.29, 1.82) is 0 Å². The second-order valence-corrected chi connectivity index (χ2v) is 13.4. The van der Waals surface area contributed by atoms with E-state index in [1.54, 1.807) is 0 Å². The number of ether oxygens (including phenoxy) is 1. The standard InChI is InChI=1S/C34H33B2NO/c1-18-11-12-22-21(13-18)14-23-30-27-25(38-31(23)24(22)17-34(5,6)7)15-19-9-8-10-20(16-33(2,3)4)26(19)28(27)29(35)32(36)37-30/h8-15H,16-17H2,1-7H3. The summed E-state index contributed by atoms with van der Waals surface area (Å²) in [6, 6.07) is 17.5. The summed E-state index contributed by atoms with van der Waals surface area (Å²) in [4.78, 5) is 4.92. The molecule has 0 spiro atoms. The van der Waals surface area contributed by atoms with Crippen LogP contribution in [-0.2, 0) is 12.8 Å². The maximum absolute atomic E-state index is 6.87. The van der Waals surface area contributed by atoms with E-state index in [9.17, 15) is 0 Å². The lowest BCUT2D eigenvalue weighted by Gasteiger charge is -2.29. The molecule has 0 bridgehead atoms. The van der Waals surface area contributed by atoms with E-state index < -0.39 is 0 Å². The van der Waals surface area contributed by atoms with Crippen molar-refractivity contribution in [2.45, 2.75) is 61.3 Å². The lowest BCUT2D eigenvalue weighted by molar-refractivity contribution is 0.400. The Morgan fingerprint density at radius 3 is 2.24 bits per heavy atom. The molecular formula is C34H33B2NO. The van der Waals surface area contributed by atoms with Gasteiger partial charge in [-0.15, -0.1) is 0 Å². The van der Waals surface area contributed by atoms with Gasteiger partial charge in [-0.25, -0.2) is 0 Å². The predicted octanol–water partition coefficient (Wildman–Crippen LogP) is 7.39. The predicted molar refractivity (Wildman–Crippen MR) is 164 cm³/mol. The average Bonchev–Trinajstić information content (AvgIpc) is 2.80. The van der Waals surface area contributed by atoms with Crippen LogP contribution < -0.4 is 15.8 Å². The summed E-state index contributed by atoms with van der Waals surface area (Å²) < 4.78 is 6.87. The van der Waals surface area contributed by atoms with Crippen LogP contribution in [0.2, 0.25) is 0 Å². The van der Waals surface area contributed by atoms with Crippen LogP contribution in [0.25, 0.3) is 43.6 Å². The number of hydrogen-bond donors (Lipinski definition) is 0. The first-order chi connectivity index (χ1) is 17.8. The number of pyridine rings is 1. The number of aromatic nitrogens is 1. The number of rotatable bonds is 2. The first kappa shape index (κ1) is 25.0. The fourth-order valence-corrected chi connectivity index (χ4v) is 6.06. The van der Waals surface area contributed by atoms with Gasteiger partial charge in [0.25, 0.3) is 0 Å². The minimum atomic E-state index is 0.0741. The summed E-state index contributed by atoms with van der Waals surface area (Å²) in [6.45, 7) is 15.7. The van der Waals surface area contributed by atoms with Crippen LogP contribution in [0.15, 0.2) is 48.5 Å². The van der Waals surface area contributed by atoms with Gasteiger partial charge in [0, 0.05) is 11.1 Å². The van der Waals surface area contributed by atoms with E-state index in [1.165, 1.54) is 27.5 Å². The molecule has 0 saturated carbocycles. The summed E-state index contributed by atoms with van der Waals surface area (Å²) in [5, 5.41) is 6.57. The van der Waals surface area contributed by atoms with E-state index in [4.69, 9.17) is 25.4 Å². The van der Waals surface area contributed by atoms with Crippen molar-refractivity contribution in [3.05, 3.63) is 65.2 Å². The molecule has 5 aromatic rings. The van der Waals surface area contributed by atoms with E-state index in [-0.39, 0.29) is 10.8 Å². The Hall–Kier alpha value is -3.26. The molecular weight excluding hydrogens is 460 g/mol. The van der Waals surface area contributed by atoms with Crippen molar-refractivity contribution in [3.8, 4) is 22.8 Å². The maximum atomic E-state index is 6.87. The highest BCUT2D eigenvalue weighted by Crippen LogP contribution is 2.51. The van der Waals surface area contributed by atoms with E-state index in [0.717, 1.165) is 57.1 Å². The van der Waals surface area contributed by atoms with Gasteiger partial charge in [-0.2, -0.15) is 0 Å².